The van der Waals surface area contributed by atoms with Gasteiger partial charge in [-0.1, -0.05) is 0 Å². The molecule has 0 atom stereocenters. The lowest BCUT2D eigenvalue weighted by Gasteiger charge is -2.06. The molecule has 0 spiro atoms. The van der Waals surface area contributed by atoms with E-state index in [4.69, 9.17) is 11.6 Å². The number of hydrogen-bond donors (Lipinski definition) is 0. The molecule has 6 heteroatoms. The van der Waals surface area contributed by atoms with Crippen molar-refractivity contribution in [2.75, 3.05) is 13.7 Å². The molecular weight excluding hydrogens is 230 g/mol. The Balaban J connectivity index is 3.02. The first-order valence-corrected chi connectivity index (χ1v) is 4.27. The average Bonchev–Trinajstić information content (AvgIpc) is 2.18. The van der Waals surface area contributed by atoms with E-state index in [1.807, 2.05) is 0 Å². The summed E-state index contributed by atoms with van der Waals surface area (Å²) in [5, 5.41) is -0.761. The lowest BCUT2D eigenvalue weighted by molar-refractivity contribution is 0.107. The van der Waals surface area contributed by atoms with Crippen LogP contribution in [-0.2, 0) is 0 Å². The highest BCUT2D eigenvalue weighted by Gasteiger charge is 2.08. The highest BCUT2D eigenvalue weighted by molar-refractivity contribution is 6.67. The largest absolute Gasteiger partial charge is 0.463 e. The summed E-state index contributed by atoms with van der Waals surface area (Å²) in [5.74, 6) is 0.0971. The Bertz CT molecular complexity index is 333. The number of carbonyl (C=O) groups is 1. The molecule has 0 saturated carbocycles. The van der Waals surface area contributed by atoms with Crippen molar-refractivity contribution in [3.8, 4) is 11.5 Å². The maximum absolute atomic E-state index is 11.9. The molecule has 0 saturated heterocycles. The van der Waals surface area contributed by atoms with Crippen molar-refractivity contribution in [1.29, 1.82) is 0 Å². The summed E-state index contributed by atoms with van der Waals surface area (Å²) >= 11 is 5.21. The Hall–Kier alpha value is -1.36. The first kappa shape index (κ1) is 11.7. The topological polar surface area (TPSA) is 35.5 Å². The highest BCUT2D eigenvalue weighted by atomic mass is 35.5. The third kappa shape index (κ3) is 3.36. The summed E-state index contributed by atoms with van der Waals surface area (Å²) in [7, 11) is 0. The minimum atomic E-state index is -1.06. The van der Waals surface area contributed by atoms with Crippen molar-refractivity contribution in [2.45, 2.75) is 0 Å². The fourth-order valence-electron chi connectivity index (χ4n) is 0.978. The van der Waals surface area contributed by atoms with Gasteiger partial charge in [0, 0.05) is 11.6 Å². The second-order valence-electron chi connectivity index (χ2n) is 2.47. The maximum Gasteiger partial charge on any atom is 0.252 e. The van der Waals surface area contributed by atoms with Gasteiger partial charge in [0.25, 0.3) is 5.24 Å². The fourth-order valence-corrected chi connectivity index (χ4v) is 1.09. The quantitative estimate of drug-likeness (QED) is 0.738. The van der Waals surface area contributed by atoms with E-state index in [0.29, 0.717) is 0 Å². The summed E-state index contributed by atoms with van der Waals surface area (Å²) < 4.78 is 32.8. The lowest BCUT2D eigenvalue weighted by Crippen LogP contribution is -1.97. The van der Waals surface area contributed by atoms with Crippen LogP contribution in [0.25, 0.3) is 0 Å². The molecule has 1 rings (SSSR count). The number of carbonyl (C=O) groups excluding carboxylic acids is 1. The van der Waals surface area contributed by atoms with Gasteiger partial charge in [-0.15, -0.1) is 0 Å². The highest BCUT2D eigenvalue weighted by Crippen LogP contribution is 2.24. The smallest absolute Gasteiger partial charge is 0.252 e. The molecule has 0 aromatic heterocycles. The molecule has 0 amide bonds. The van der Waals surface area contributed by atoms with Crippen molar-refractivity contribution >= 4 is 16.8 Å². The Labute approximate surface area is 89.5 Å². The van der Waals surface area contributed by atoms with Crippen LogP contribution >= 0.6 is 11.6 Å². The molecule has 15 heavy (non-hydrogen) atoms. The number of hydrogen-bond acceptors (Lipinski definition) is 3. The molecule has 0 aliphatic heterocycles. The molecule has 0 N–H and O–H groups in total. The predicted molar refractivity (Wildman–Crippen MR) is 49.8 cm³/mol. The van der Waals surface area contributed by atoms with Gasteiger partial charge in [-0.3, -0.25) is 4.79 Å². The van der Waals surface area contributed by atoms with Crippen LogP contribution in [0.5, 0.6) is 11.5 Å². The molecule has 0 radical (unpaired) electrons. The Morgan fingerprint density at radius 3 is 1.93 bits per heavy atom. The molecule has 1 aromatic rings. The van der Waals surface area contributed by atoms with E-state index < -0.39 is 19.0 Å². The van der Waals surface area contributed by atoms with Crippen molar-refractivity contribution in [3.05, 3.63) is 23.8 Å². The molecular formula is C9H7ClF2O3. The standard InChI is InChI=1S/C9H7ClF2O3/c10-9(13)6-1-7(14-4-11)3-8(2-6)15-5-12/h1-3H,4-5H2. The number of alkyl halides is 2. The van der Waals surface area contributed by atoms with Crippen molar-refractivity contribution < 1.29 is 23.0 Å². The molecule has 0 heterocycles. The van der Waals surface area contributed by atoms with Gasteiger partial charge in [-0.05, 0) is 23.7 Å². The minimum absolute atomic E-state index is 0.0473. The first-order valence-electron chi connectivity index (χ1n) is 3.90. The van der Waals surface area contributed by atoms with E-state index in [-0.39, 0.29) is 17.1 Å². The van der Waals surface area contributed by atoms with Crippen LogP contribution in [0.2, 0.25) is 0 Å². The van der Waals surface area contributed by atoms with Gasteiger partial charge in [0.2, 0.25) is 13.7 Å². The van der Waals surface area contributed by atoms with Crippen LogP contribution in [-0.4, -0.2) is 19.0 Å². The van der Waals surface area contributed by atoms with E-state index >= 15 is 0 Å². The Morgan fingerprint density at radius 1 is 1.13 bits per heavy atom. The monoisotopic (exact) mass is 236 g/mol. The molecule has 1 aromatic carbocycles. The zero-order valence-corrected chi connectivity index (χ0v) is 8.26. The molecule has 0 aliphatic rings. The first-order chi connectivity index (χ1) is 7.17. The van der Waals surface area contributed by atoms with E-state index in [1.165, 1.54) is 18.2 Å². The molecule has 0 bridgehead atoms. The summed E-state index contributed by atoms with van der Waals surface area (Å²) in [5.41, 5.74) is 0.0473. The third-order valence-corrected chi connectivity index (χ3v) is 1.77. The van der Waals surface area contributed by atoms with Gasteiger partial charge in [0.15, 0.2) is 0 Å². The summed E-state index contributed by atoms with van der Waals surface area (Å²) in [6, 6.07) is 3.72. The van der Waals surface area contributed by atoms with Gasteiger partial charge in [0.05, 0.1) is 0 Å². The zero-order chi connectivity index (χ0) is 11.3. The molecule has 0 aliphatic carbocycles. The van der Waals surface area contributed by atoms with Gasteiger partial charge in [0.1, 0.15) is 11.5 Å². The normalized spacial score (nSPS) is 9.80. The van der Waals surface area contributed by atoms with Crippen LogP contribution in [0, 0.1) is 0 Å². The van der Waals surface area contributed by atoms with Crippen molar-refractivity contribution in [1.82, 2.24) is 0 Å². The number of ether oxygens (including phenoxy) is 2. The van der Waals surface area contributed by atoms with Crippen LogP contribution in [0.3, 0.4) is 0 Å². The molecule has 0 unspecified atom stereocenters. The lowest BCUT2D eigenvalue weighted by atomic mass is 10.2. The van der Waals surface area contributed by atoms with E-state index in [2.05, 4.69) is 9.47 Å². The van der Waals surface area contributed by atoms with E-state index in [1.54, 1.807) is 0 Å². The third-order valence-electron chi connectivity index (χ3n) is 1.55. The van der Waals surface area contributed by atoms with Crippen LogP contribution in [0.15, 0.2) is 18.2 Å². The Kier molecular flexibility index (Phi) is 4.30. The van der Waals surface area contributed by atoms with Gasteiger partial charge in [-0.2, -0.15) is 0 Å². The maximum atomic E-state index is 11.9. The number of rotatable bonds is 5. The molecule has 3 nitrogen and oxygen atoms in total. The zero-order valence-electron chi connectivity index (χ0n) is 7.50. The second-order valence-corrected chi connectivity index (χ2v) is 2.82. The number of benzene rings is 1. The average molecular weight is 237 g/mol. The minimum Gasteiger partial charge on any atom is -0.463 e. The SMILES string of the molecule is O=C(Cl)c1cc(OCF)cc(OCF)c1. The fraction of sp³-hybridized carbons (Fsp3) is 0.222. The van der Waals surface area contributed by atoms with Gasteiger partial charge in [-0.25, -0.2) is 8.78 Å². The summed E-state index contributed by atoms with van der Waals surface area (Å²) in [4.78, 5) is 10.8. The summed E-state index contributed by atoms with van der Waals surface area (Å²) in [6.07, 6.45) is 0. The summed E-state index contributed by atoms with van der Waals surface area (Å²) in [6.45, 7) is -2.12. The van der Waals surface area contributed by atoms with E-state index in [0.717, 1.165) is 0 Å². The van der Waals surface area contributed by atoms with Crippen LogP contribution in [0.1, 0.15) is 10.4 Å². The van der Waals surface area contributed by atoms with Crippen LogP contribution in [0.4, 0.5) is 8.78 Å². The van der Waals surface area contributed by atoms with Crippen molar-refractivity contribution in [3.63, 3.8) is 0 Å². The Morgan fingerprint density at radius 2 is 1.60 bits per heavy atom. The van der Waals surface area contributed by atoms with Crippen molar-refractivity contribution in [2.24, 2.45) is 0 Å². The molecule has 0 fully saturated rings. The van der Waals surface area contributed by atoms with E-state index in [9.17, 15) is 13.6 Å². The van der Waals surface area contributed by atoms with Gasteiger partial charge >= 0.3 is 0 Å². The predicted octanol–water partition coefficient (Wildman–Crippen LogP) is 2.68. The molecule has 82 valence electrons. The number of halogens is 3. The van der Waals surface area contributed by atoms with Crippen LogP contribution < -0.4 is 9.47 Å². The second kappa shape index (κ2) is 5.50. The van der Waals surface area contributed by atoms with Gasteiger partial charge < -0.3 is 9.47 Å².